The van der Waals surface area contributed by atoms with Crippen molar-refractivity contribution >= 4 is 58.7 Å². The SMILES string of the molecule is COC(=O)CC[C@@H]1C2=C(C)C3=NC([C@H](CC(=O)OC)[C@@]3(C)CCC(=O)OC)[C@]3(C)N=C(/C(C)=C4N=C(/C=C(\N2)C1(C)C)C(=O)[C@]\4(C)CC(=O)OC)[C@@H](CCC(=O)OC)[C@]3(C)CC(=O)OC. The Labute approximate surface area is 381 Å². The zero-order valence-electron chi connectivity index (χ0n) is 40.4. The molecule has 8 atom stereocenters. The smallest absolute Gasteiger partial charge is 0.306 e. The standard InChI is InChI=1S/C48H66N4O13/c1-25-38-27(15-17-32(53)60-9)44(3,4)31(50-38)22-30-43(59)46(6,23-36(57)64-13)41(49-30)26(2)39-28(16-18-33(54)61-10)47(7,24-37(58)65-14)48(8,52-39)42-29(21-35(56)63-12)45(5,40(25)51-42)20-19-34(55)62-11/h22,27-29,42,50H,15-21,23-24H2,1-14H3/b31-22-,38-25?,41-26-/t27-,28-,29+,42?,45-,46-,47+,48+/m1/s1. The van der Waals surface area contributed by atoms with E-state index in [9.17, 15) is 33.6 Å². The molecule has 17 nitrogen and oxygen atoms in total. The molecule has 0 amide bonds. The number of Topliss-reactive ketones (excluding diaryl/α,β-unsaturated/α-hetero) is 1. The molecule has 5 rings (SSSR count). The van der Waals surface area contributed by atoms with Crippen molar-refractivity contribution in [2.75, 3.05) is 42.7 Å². The number of hydrogen-bond donors (Lipinski definition) is 1. The number of rotatable bonds is 15. The van der Waals surface area contributed by atoms with Gasteiger partial charge >= 0.3 is 35.8 Å². The molecule has 356 valence electrons. The van der Waals surface area contributed by atoms with Crippen molar-refractivity contribution in [3.63, 3.8) is 0 Å². The Morgan fingerprint density at radius 1 is 0.677 bits per heavy atom. The summed E-state index contributed by atoms with van der Waals surface area (Å²) >= 11 is 0. The van der Waals surface area contributed by atoms with Gasteiger partial charge in [0.25, 0.3) is 0 Å². The van der Waals surface area contributed by atoms with Crippen LogP contribution in [0.25, 0.3) is 0 Å². The molecule has 0 aliphatic carbocycles. The predicted molar refractivity (Wildman–Crippen MR) is 238 cm³/mol. The van der Waals surface area contributed by atoms with Crippen molar-refractivity contribution in [2.45, 2.75) is 125 Å². The van der Waals surface area contributed by atoms with Crippen LogP contribution in [0.3, 0.4) is 0 Å². The third-order valence-electron chi connectivity index (χ3n) is 15.5. The molecular weight excluding hydrogens is 841 g/mol. The van der Waals surface area contributed by atoms with Gasteiger partial charge in [-0.1, -0.05) is 27.7 Å². The van der Waals surface area contributed by atoms with Gasteiger partial charge in [-0.3, -0.25) is 43.5 Å². The van der Waals surface area contributed by atoms with E-state index in [2.05, 4.69) is 5.32 Å². The predicted octanol–water partition coefficient (Wildman–Crippen LogP) is 5.54. The van der Waals surface area contributed by atoms with Gasteiger partial charge in [0.15, 0.2) is 5.78 Å². The zero-order chi connectivity index (χ0) is 48.6. The number of carbonyl (C=O) groups excluding carboxylic acids is 7. The second-order valence-electron chi connectivity index (χ2n) is 19.3. The number of aliphatic imine (C=N–C) groups is 3. The Bertz CT molecular complexity index is 2230. The van der Waals surface area contributed by atoms with E-state index < -0.39 is 86.7 Å². The van der Waals surface area contributed by atoms with Crippen LogP contribution in [0.4, 0.5) is 0 Å². The van der Waals surface area contributed by atoms with Gasteiger partial charge in [0.1, 0.15) is 5.71 Å². The number of methoxy groups -OCH3 is 6. The lowest BCUT2D eigenvalue weighted by atomic mass is 9.55. The van der Waals surface area contributed by atoms with Crippen LogP contribution in [0.1, 0.15) is 113 Å². The monoisotopic (exact) mass is 906 g/mol. The van der Waals surface area contributed by atoms with Gasteiger partial charge in [-0.25, -0.2) is 4.99 Å². The molecule has 65 heavy (non-hydrogen) atoms. The Morgan fingerprint density at radius 3 is 1.75 bits per heavy atom. The summed E-state index contributed by atoms with van der Waals surface area (Å²) in [5.74, 6) is -5.36. The van der Waals surface area contributed by atoms with Crippen LogP contribution >= 0.6 is 0 Å². The Hall–Kier alpha value is -5.48. The fourth-order valence-electron chi connectivity index (χ4n) is 11.2. The van der Waals surface area contributed by atoms with Gasteiger partial charge in [0.05, 0.1) is 84.6 Å². The molecule has 0 aromatic heterocycles. The van der Waals surface area contributed by atoms with Crippen LogP contribution in [0.5, 0.6) is 0 Å². The third kappa shape index (κ3) is 8.71. The van der Waals surface area contributed by atoms with Gasteiger partial charge in [-0.05, 0) is 64.2 Å². The molecule has 17 heteroatoms. The second kappa shape index (κ2) is 18.8. The van der Waals surface area contributed by atoms with E-state index in [-0.39, 0.29) is 68.7 Å². The molecule has 1 fully saturated rings. The highest BCUT2D eigenvalue weighted by Crippen LogP contribution is 2.62. The number of allylic oxidation sites excluding steroid dienone is 6. The van der Waals surface area contributed by atoms with Gasteiger partial charge in [0, 0.05) is 76.1 Å². The maximum absolute atomic E-state index is 14.9. The molecule has 1 unspecified atom stereocenters. The molecule has 1 saturated heterocycles. The fourth-order valence-corrected chi connectivity index (χ4v) is 11.2. The number of fused-ring (bicyclic) bond motifs is 6. The lowest BCUT2D eigenvalue weighted by Gasteiger charge is -2.48. The van der Waals surface area contributed by atoms with Crippen molar-refractivity contribution in [3.8, 4) is 0 Å². The first kappa shape index (κ1) is 50.5. The molecule has 0 radical (unpaired) electrons. The minimum atomic E-state index is -1.55. The number of ketones is 1. The lowest BCUT2D eigenvalue weighted by molar-refractivity contribution is -0.147. The van der Waals surface area contributed by atoms with Crippen molar-refractivity contribution in [3.05, 3.63) is 34.3 Å². The van der Waals surface area contributed by atoms with Crippen molar-refractivity contribution < 1.29 is 62.0 Å². The Balaban J connectivity index is 2.01. The summed E-state index contributed by atoms with van der Waals surface area (Å²) in [6.45, 7) is 15.1. The molecule has 1 N–H and O–H groups in total. The van der Waals surface area contributed by atoms with Gasteiger partial charge < -0.3 is 33.7 Å². The first-order chi connectivity index (χ1) is 30.4. The third-order valence-corrected chi connectivity index (χ3v) is 15.5. The number of carbonyl (C=O) groups is 7. The molecule has 8 bridgehead atoms. The van der Waals surface area contributed by atoms with Crippen LogP contribution in [-0.2, 0) is 62.0 Å². The summed E-state index contributed by atoms with van der Waals surface area (Å²) in [5, 5.41) is 3.63. The van der Waals surface area contributed by atoms with Gasteiger partial charge in [-0.2, -0.15) is 0 Å². The summed E-state index contributed by atoms with van der Waals surface area (Å²) < 4.78 is 31.2. The summed E-state index contributed by atoms with van der Waals surface area (Å²) in [6.07, 6.45) is 1.56. The molecule has 5 heterocycles. The summed E-state index contributed by atoms with van der Waals surface area (Å²) in [7, 11) is 7.75. The highest BCUT2D eigenvalue weighted by molar-refractivity contribution is 6.49. The highest BCUT2D eigenvalue weighted by atomic mass is 16.5. The number of esters is 6. The topological polar surface area (TPSA) is 224 Å². The minimum absolute atomic E-state index is 0.0345. The van der Waals surface area contributed by atoms with Crippen LogP contribution in [0.15, 0.2) is 49.3 Å². The number of ether oxygens (including phenoxy) is 6. The second-order valence-corrected chi connectivity index (χ2v) is 19.3. The molecule has 5 aliphatic heterocycles. The molecule has 5 aliphatic rings. The fraction of sp³-hybridized carbons (Fsp3) is 0.667. The molecular formula is C48H66N4O13. The van der Waals surface area contributed by atoms with E-state index in [0.717, 1.165) is 0 Å². The van der Waals surface area contributed by atoms with Gasteiger partial charge in [0.2, 0.25) is 0 Å². The van der Waals surface area contributed by atoms with Crippen LogP contribution in [0, 0.1) is 39.4 Å². The Morgan fingerprint density at radius 2 is 1.20 bits per heavy atom. The zero-order valence-corrected chi connectivity index (χ0v) is 40.4. The van der Waals surface area contributed by atoms with E-state index in [0.29, 0.717) is 40.4 Å². The van der Waals surface area contributed by atoms with Crippen LogP contribution in [-0.4, -0.2) is 113 Å². The number of nitrogens with zero attached hydrogens (tertiary/aromatic N) is 3. The summed E-state index contributed by atoms with van der Waals surface area (Å²) in [5.41, 5.74) is -2.17. The van der Waals surface area contributed by atoms with E-state index in [1.807, 2.05) is 41.5 Å². The average molecular weight is 907 g/mol. The number of hydrogen-bond acceptors (Lipinski definition) is 17. The van der Waals surface area contributed by atoms with E-state index in [4.69, 9.17) is 43.4 Å². The largest absolute Gasteiger partial charge is 0.469 e. The maximum Gasteiger partial charge on any atom is 0.306 e. The minimum Gasteiger partial charge on any atom is -0.469 e. The van der Waals surface area contributed by atoms with E-state index in [1.54, 1.807) is 19.9 Å². The quantitative estimate of drug-likeness (QED) is 0.158. The summed E-state index contributed by atoms with van der Waals surface area (Å²) in [6, 6.07) is -0.894. The first-order valence-electron chi connectivity index (χ1n) is 22.0. The molecule has 0 aromatic carbocycles. The highest BCUT2D eigenvalue weighted by Gasteiger charge is 2.66. The van der Waals surface area contributed by atoms with Crippen molar-refractivity contribution in [1.29, 1.82) is 0 Å². The Kier molecular flexibility index (Phi) is 14.6. The maximum atomic E-state index is 14.9. The van der Waals surface area contributed by atoms with E-state index in [1.165, 1.54) is 42.7 Å². The van der Waals surface area contributed by atoms with Gasteiger partial charge in [-0.15, -0.1) is 0 Å². The average Bonchev–Trinajstić information content (AvgIpc) is 3.88. The molecule has 0 spiro atoms. The van der Waals surface area contributed by atoms with E-state index >= 15 is 0 Å². The molecule has 0 saturated carbocycles. The lowest BCUT2D eigenvalue weighted by Crippen LogP contribution is -2.55. The number of nitrogens with one attached hydrogen (secondary N) is 1. The van der Waals surface area contributed by atoms with Crippen molar-refractivity contribution in [1.82, 2.24) is 5.32 Å². The molecule has 0 aromatic rings. The summed E-state index contributed by atoms with van der Waals surface area (Å²) in [4.78, 5) is 111. The van der Waals surface area contributed by atoms with Crippen LogP contribution in [0.2, 0.25) is 0 Å². The van der Waals surface area contributed by atoms with Crippen LogP contribution < -0.4 is 5.32 Å². The normalized spacial score (nSPS) is 33.0. The van der Waals surface area contributed by atoms with Crippen molar-refractivity contribution in [2.24, 2.45) is 54.4 Å². The first-order valence-corrected chi connectivity index (χ1v) is 22.0.